The molecule has 1 aromatic carbocycles. The SMILES string of the molecule is CC1CCCCN1Cc1c(C(=O)N/N=C\c2ccc(O)c(O)c2)nnn1-c1nonc1N. The van der Waals surface area contributed by atoms with Crippen molar-refractivity contribution in [3.8, 4) is 17.3 Å². The lowest BCUT2D eigenvalue weighted by molar-refractivity contribution is 0.0945. The van der Waals surface area contributed by atoms with Crippen LogP contribution in [0.3, 0.4) is 0 Å². The number of anilines is 1. The molecule has 3 heterocycles. The molecule has 3 aromatic rings. The minimum absolute atomic E-state index is 0.0277. The van der Waals surface area contributed by atoms with Gasteiger partial charge in [-0.25, -0.2) is 10.1 Å². The van der Waals surface area contributed by atoms with Crippen LogP contribution < -0.4 is 11.2 Å². The maximum atomic E-state index is 12.8. The van der Waals surface area contributed by atoms with E-state index in [0.717, 1.165) is 25.8 Å². The maximum absolute atomic E-state index is 12.8. The van der Waals surface area contributed by atoms with E-state index < -0.39 is 5.91 Å². The van der Waals surface area contributed by atoms with Crippen LogP contribution in [0.25, 0.3) is 5.82 Å². The van der Waals surface area contributed by atoms with Crippen LogP contribution in [-0.2, 0) is 6.54 Å². The fourth-order valence-corrected chi connectivity index (χ4v) is 3.55. The zero-order chi connectivity index (χ0) is 22.7. The summed E-state index contributed by atoms with van der Waals surface area (Å²) in [5.41, 5.74) is 9.26. The molecule has 32 heavy (non-hydrogen) atoms. The van der Waals surface area contributed by atoms with Crippen molar-refractivity contribution in [3.63, 3.8) is 0 Å². The van der Waals surface area contributed by atoms with Gasteiger partial charge in [0.15, 0.2) is 17.2 Å². The molecule has 1 amide bonds. The fraction of sp³-hybridized carbons (Fsp3) is 0.368. The highest BCUT2D eigenvalue weighted by molar-refractivity contribution is 5.94. The molecular formula is C19H23N9O4. The lowest BCUT2D eigenvalue weighted by Gasteiger charge is -2.33. The lowest BCUT2D eigenvalue weighted by atomic mass is 10.0. The number of aromatic nitrogens is 5. The van der Waals surface area contributed by atoms with Crippen LogP contribution in [0.5, 0.6) is 11.5 Å². The lowest BCUT2D eigenvalue weighted by Crippen LogP contribution is -2.38. The first-order valence-electron chi connectivity index (χ1n) is 10.1. The number of rotatable bonds is 6. The van der Waals surface area contributed by atoms with E-state index >= 15 is 0 Å². The van der Waals surface area contributed by atoms with Gasteiger partial charge in [-0.05, 0) is 60.4 Å². The van der Waals surface area contributed by atoms with E-state index in [9.17, 15) is 15.0 Å². The second-order valence-electron chi connectivity index (χ2n) is 7.53. The van der Waals surface area contributed by atoms with E-state index in [-0.39, 0.29) is 28.8 Å². The Bertz CT molecular complexity index is 1140. The highest BCUT2D eigenvalue weighted by Crippen LogP contribution is 2.24. The summed E-state index contributed by atoms with van der Waals surface area (Å²) in [7, 11) is 0. The van der Waals surface area contributed by atoms with Crippen molar-refractivity contribution in [1.82, 2.24) is 35.6 Å². The predicted molar refractivity (Wildman–Crippen MR) is 112 cm³/mol. The summed E-state index contributed by atoms with van der Waals surface area (Å²) in [5, 5.41) is 38.3. The van der Waals surface area contributed by atoms with Crippen molar-refractivity contribution in [2.45, 2.75) is 38.8 Å². The third-order valence-electron chi connectivity index (χ3n) is 5.35. The van der Waals surface area contributed by atoms with Gasteiger partial charge in [-0.2, -0.15) is 9.78 Å². The number of phenols is 2. The van der Waals surface area contributed by atoms with Crippen LogP contribution in [0.2, 0.25) is 0 Å². The number of benzene rings is 1. The average Bonchev–Trinajstić information content (AvgIpc) is 3.38. The van der Waals surface area contributed by atoms with E-state index in [4.69, 9.17) is 5.73 Å². The quantitative estimate of drug-likeness (QED) is 0.242. The summed E-state index contributed by atoms with van der Waals surface area (Å²) in [5.74, 6) is -0.939. The molecule has 1 aliphatic heterocycles. The average molecular weight is 441 g/mol. The number of phenolic OH excluding ortho intramolecular Hbond substituents is 2. The highest BCUT2D eigenvalue weighted by atomic mass is 16.6. The Kier molecular flexibility index (Phi) is 5.98. The van der Waals surface area contributed by atoms with Crippen molar-refractivity contribution in [1.29, 1.82) is 0 Å². The second-order valence-corrected chi connectivity index (χ2v) is 7.53. The molecule has 1 saturated heterocycles. The number of carbonyl (C=O) groups is 1. The van der Waals surface area contributed by atoms with Crippen LogP contribution in [0.4, 0.5) is 5.82 Å². The first kappa shape index (κ1) is 21.2. The molecule has 0 aliphatic carbocycles. The number of hydrazone groups is 1. The number of aromatic hydroxyl groups is 2. The summed E-state index contributed by atoms with van der Waals surface area (Å²) in [4.78, 5) is 15.1. The van der Waals surface area contributed by atoms with Crippen molar-refractivity contribution >= 4 is 17.9 Å². The van der Waals surface area contributed by atoms with Gasteiger partial charge in [0, 0.05) is 12.6 Å². The van der Waals surface area contributed by atoms with Gasteiger partial charge >= 0.3 is 0 Å². The van der Waals surface area contributed by atoms with Gasteiger partial charge in [0.2, 0.25) is 11.6 Å². The Morgan fingerprint density at radius 1 is 1.34 bits per heavy atom. The van der Waals surface area contributed by atoms with Crippen molar-refractivity contribution < 1.29 is 19.6 Å². The molecule has 1 unspecified atom stereocenters. The largest absolute Gasteiger partial charge is 0.504 e. The molecule has 0 bridgehead atoms. The van der Waals surface area contributed by atoms with Crippen LogP contribution in [-0.4, -0.2) is 65.1 Å². The predicted octanol–water partition coefficient (Wildman–Crippen LogP) is 0.782. The molecule has 0 radical (unpaired) electrons. The van der Waals surface area contributed by atoms with Gasteiger partial charge in [0.25, 0.3) is 5.91 Å². The molecule has 1 atom stereocenters. The van der Waals surface area contributed by atoms with Gasteiger partial charge in [-0.15, -0.1) is 5.10 Å². The number of amides is 1. The number of hydrogen-bond donors (Lipinski definition) is 4. The Hall–Kier alpha value is -4.00. The van der Waals surface area contributed by atoms with Crippen LogP contribution in [0.1, 0.15) is 47.9 Å². The van der Waals surface area contributed by atoms with E-state index in [1.54, 1.807) is 0 Å². The van der Waals surface area contributed by atoms with Crippen LogP contribution in [0.15, 0.2) is 27.9 Å². The smallest absolute Gasteiger partial charge is 0.293 e. The Labute approximate surface area is 182 Å². The van der Waals surface area contributed by atoms with E-state index in [1.165, 1.54) is 29.1 Å². The maximum Gasteiger partial charge on any atom is 0.293 e. The molecule has 2 aromatic heterocycles. The standard InChI is InChI=1S/C19H23N9O4/c1-11-4-2-3-7-27(11)10-13-16(22-26-28(13)18-17(20)24-32-25-18)19(31)23-21-9-12-5-6-14(29)15(30)8-12/h5-6,8-9,11,29-30H,2-4,7,10H2,1H3,(H2,20,24)(H,23,31)/b21-9-. The number of nitrogens with one attached hydrogen (secondary N) is 1. The van der Waals surface area contributed by atoms with Crippen molar-refractivity contribution in [2.24, 2.45) is 5.10 Å². The fourth-order valence-electron chi connectivity index (χ4n) is 3.55. The third-order valence-corrected chi connectivity index (χ3v) is 5.35. The Morgan fingerprint density at radius 3 is 2.91 bits per heavy atom. The van der Waals surface area contributed by atoms with Gasteiger partial charge in [-0.3, -0.25) is 9.69 Å². The molecule has 1 aliphatic rings. The minimum Gasteiger partial charge on any atom is -0.504 e. The van der Waals surface area contributed by atoms with Crippen LogP contribution >= 0.6 is 0 Å². The van der Waals surface area contributed by atoms with E-state index in [0.29, 0.717) is 23.8 Å². The first-order chi connectivity index (χ1) is 15.4. The van der Waals surface area contributed by atoms with E-state index in [2.05, 4.69) is 47.6 Å². The number of piperidine rings is 1. The zero-order valence-corrected chi connectivity index (χ0v) is 17.3. The summed E-state index contributed by atoms with van der Waals surface area (Å²) >= 11 is 0. The normalized spacial score (nSPS) is 17.1. The molecule has 168 valence electrons. The zero-order valence-electron chi connectivity index (χ0n) is 17.3. The number of nitrogens with two attached hydrogens (primary N) is 1. The Morgan fingerprint density at radius 2 is 2.19 bits per heavy atom. The highest BCUT2D eigenvalue weighted by Gasteiger charge is 2.28. The number of carbonyl (C=O) groups excluding carboxylic acids is 1. The molecule has 0 saturated carbocycles. The number of nitrogen functional groups attached to an aromatic ring is 1. The van der Waals surface area contributed by atoms with Gasteiger partial charge < -0.3 is 15.9 Å². The first-order valence-corrected chi connectivity index (χ1v) is 10.1. The van der Waals surface area contributed by atoms with Crippen molar-refractivity contribution in [2.75, 3.05) is 12.3 Å². The topological polar surface area (TPSA) is 181 Å². The van der Waals surface area contributed by atoms with Crippen molar-refractivity contribution in [3.05, 3.63) is 35.2 Å². The van der Waals surface area contributed by atoms with Gasteiger partial charge in [0.05, 0.1) is 11.9 Å². The second kappa shape index (κ2) is 9.01. The molecule has 0 spiro atoms. The summed E-state index contributed by atoms with van der Waals surface area (Å²) in [6.45, 7) is 3.41. The molecular weight excluding hydrogens is 418 g/mol. The van der Waals surface area contributed by atoms with Gasteiger partial charge in [0.1, 0.15) is 0 Å². The summed E-state index contributed by atoms with van der Waals surface area (Å²) < 4.78 is 6.03. The van der Waals surface area contributed by atoms with E-state index in [1.807, 2.05) is 0 Å². The summed E-state index contributed by atoms with van der Waals surface area (Å²) in [6, 6.07) is 4.49. The minimum atomic E-state index is -0.579. The Balaban J connectivity index is 1.58. The third kappa shape index (κ3) is 4.37. The molecule has 1 fully saturated rings. The number of nitrogens with zero attached hydrogens (tertiary/aromatic N) is 7. The molecule has 4 rings (SSSR count). The monoisotopic (exact) mass is 441 g/mol. The number of likely N-dealkylation sites (tertiary alicyclic amines) is 1. The number of hydrogen-bond acceptors (Lipinski definition) is 11. The van der Waals surface area contributed by atoms with Gasteiger partial charge in [-0.1, -0.05) is 11.6 Å². The van der Waals surface area contributed by atoms with Crippen LogP contribution in [0, 0.1) is 0 Å². The molecule has 13 nitrogen and oxygen atoms in total. The summed E-state index contributed by atoms with van der Waals surface area (Å²) in [6.07, 6.45) is 4.60. The molecule has 13 heteroatoms. The molecule has 5 N–H and O–H groups in total.